The molecule has 0 amide bonds. The second-order valence-corrected chi connectivity index (χ2v) is 9.40. The number of rotatable bonds is 5. The van der Waals surface area contributed by atoms with Crippen LogP contribution in [0.25, 0.3) is 0 Å². The fourth-order valence-electron chi connectivity index (χ4n) is 7.02. The Morgan fingerprint density at radius 2 is 1.40 bits per heavy atom. The van der Waals surface area contributed by atoms with Crippen LogP contribution in [-0.4, -0.2) is 13.1 Å². The van der Waals surface area contributed by atoms with Crippen molar-refractivity contribution in [1.82, 2.24) is 0 Å². The van der Waals surface area contributed by atoms with Gasteiger partial charge in [-0.05, 0) is 62.2 Å². The summed E-state index contributed by atoms with van der Waals surface area (Å²) in [6, 6.07) is 0. The Balaban J connectivity index is 1.78. The molecule has 3 fully saturated rings. The normalized spacial score (nSPS) is 33.8. The summed E-state index contributed by atoms with van der Waals surface area (Å²) in [5.74, 6) is 2.04. The molecule has 3 aliphatic rings. The highest BCUT2D eigenvalue weighted by Gasteiger charge is 2.57. The zero-order chi connectivity index (χ0) is 17.8. The lowest BCUT2D eigenvalue weighted by Gasteiger charge is -2.54. The molecule has 0 atom stereocenters. The SMILES string of the molecule is CCCC1(C2(C(=O)OC)CCCCC2)CCC(C2CCCCC2)CC1. The molecule has 0 spiro atoms. The van der Waals surface area contributed by atoms with Crippen molar-refractivity contribution >= 4 is 5.97 Å². The Hall–Kier alpha value is -0.530. The molecule has 144 valence electrons. The van der Waals surface area contributed by atoms with E-state index in [1.165, 1.54) is 89.9 Å². The zero-order valence-electron chi connectivity index (χ0n) is 16.8. The molecule has 0 heterocycles. The first kappa shape index (κ1) is 19.2. The minimum Gasteiger partial charge on any atom is -0.469 e. The average molecular weight is 349 g/mol. The average Bonchev–Trinajstić information content (AvgIpc) is 2.69. The molecule has 3 saturated carbocycles. The topological polar surface area (TPSA) is 26.3 Å². The van der Waals surface area contributed by atoms with Crippen LogP contribution in [-0.2, 0) is 9.53 Å². The number of esters is 1. The van der Waals surface area contributed by atoms with E-state index in [-0.39, 0.29) is 16.8 Å². The minimum absolute atomic E-state index is 0.122. The molecule has 0 aromatic heterocycles. The van der Waals surface area contributed by atoms with Gasteiger partial charge < -0.3 is 4.74 Å². The van der Waals surface area contributed by atoms with Gasteiger partial charge in [0, 0.05) is 0 Å². The van der Waals surface area contributed by atoms with E-state index >= 15 is 0 Å². The van der Waals surface area contributed by atoms with Crippen LogP contribution < -0.4 is 0 Å². The second kappa shape index (κ2) is 8.44. The second-order valence-electron chi connectivity index (χ2n) is 9.40. The Labute approximate surface area is 155 Å². The van der Waals surface area contributed by atoms with Gasteiger partial charge in [-0.25, -0.2) is 0 Å². The lowest BCUT2D eigenvalue weighted by molar-refractivity contribution is -0.172. The van der Waals surface area contributed by atoms with E-state index in [2.05, 4.69) is 6.92 Å². The number of hydrogen-bond acceptors (Lipinski definition) is 2. The maximum Gasteiger partial charge on any atom is 0.312 e. The van der Waals surface area contributed by atoms with E-state index < -0.39 is 0 Å². The van der Waals surface area contributed by atoms with Crippen LogP contribution in [0.1, 0.15) is 110 Å². The summed E-state index contributed by atoms with van der Waals surface area (Å²) in [4.78, 5) is 13.0. The third kappa shape index (κ3) is 3.65. The standard InChI is InChI=1S/C23H40O2/c1-3-14-22(23(21(24)25-2)15-8-5-9-16-23)17-12-20(13-18-22)19-10-6-4-7-11-19/h19-20H,3-18H2,1-2H3. The van der Waals surface area contributed by atoms with E-state index in [4.69, 9.17) is 4.74 Å². The molecule has 2 nitrogen and oxygen atoms in total. The summed E-state index contributed by atoms with van der Waals surface area (Å²) in [7, 11) is 1.62. The molecule has 3 rings (SSSR count). The quantitative estimate of drug-likeness (QED) is 0.519. The molecule has 0 aromatic rings. The molecule has 0 N–H and O–H groups in total. The Kier molecular flexibility index (Phi) is 6.49. The maximum absolute atomic E-state index is 13.0. The summed E-state index contributed by atoms with van der Waals surface area (Å²) in [5, 5.41) is 0. The van der Waals surface area contributed by atoms with E-state index in [0.29, 0.717) is 0 Å². The van der Waals surface area contributed by atoms with Gasteiger partial charge in [0.2, 0.25) is 0 Å². The molecule has 25 heavy (non-hydrogen) atoms. The van der Waals surface area contributed by atoms with Crippen LogP contribution in [0.15, 0.2) is 0 Å². The number of hydrogen-bond donors (Lipinski definition) is 0. The van der Waals surface area contributed by atoms with Crippen LogP contribution in [0, 0.1) is 22.7 Å². The van der Waals surface area contributed by atoms with E-state index in [1.54, 1.807) is 7.11 Å². The number of carbonyl (C=O) groups excluding carboxylic acids is 1. The van der Waals surface area contributed by atoms with Gasteiger partial charge >= 0.3 is 5.97 Å². The van der Waals surface area contributed by atoms with Crippen molar-refractivity contribution in [3.05, 3.63) is 0 Å². The molecule has 0 radical (unpaired) electrons. The molecular weight excluding hydrogens is 308 g/mol. The Bertz CT molecular complexity index is 421. The lowest BCUT2D eigenvalue weighted by atomic mass is 9.49. The molecule has 0 unspecified atom stereocenters. The molecule has 0 saturated heterocycles. The van der Waals surface area contributed by atoms with Crippen molar-refractivity contribution in [3.63, 3.8) is 0 Å². The first-order valence-electron chi connectivity index (χ1n) is 11.3. The van der Waals surface area contributed by atoms with Gasteiger partial charge in [0.25, 0.3) is 0 Å². The van der Waals surface area contributed by atoms with Gasteiger partial charge in [-0.3, -0.25) is 4.79 Å². The predicted molar refractivity (Wildman–Crippen MR) is 103 cm³/mol. The van der Waals surface area contributed by atoms with Crippen LogP contribution in [0.5, 0.6) is 0 Å². The van der Waals surface area contributed by atoms with Crippen LogP contribution >= 0.6 is 0 Å². The Morgan fingerprint density at radius 3 is 1.96 bits per heavy atom. The maximum atomic E-state index is 13.0. The molecule has 0 aromatic carbocycles. The van der Waals surface area contributed by atoms with Crippen LogP contribution in [0.2, 0.25) is 0 Å². The van der Waals surface area contributed by atoms with Crippen molar-refractivity contribution in [2.75, 3.05) is 7.11 Å². The van der Waals surface area contributed by atoms with E-state index in [0.717, 1.165) is 24.7 Å². The van der Waals surface area contributed by atoms with Crippen molar-refractivity contribution in [3.8, 4) is 0 Å². The first-order chi connectivity index (χ1) is 12.2. The first-order valence-corrected chi connectivity index (χ1v) is 11.3. The van der Waals surface area contributed by atoms with Crippen LogP contribution in [0.4, 0.5) is 0 Å². The zero-order valence-corrected chi connectivity index (χ0v) is 16.8. The molecule has 3 aliphatic carbocycles. The van der Waals surface area contributed by atoms with Crippen molar-refractivity contribution in [1.29, 1.82) is 0 Å². The van der Waals surface area contributed by atoms with Gasteiger partial charge in [0.15, 0.2) is 0 Å². The highest BCUT2D eigenvalue weighted by Crippen LogP contribution is 2.61. The predicted octanol–water partition coefficient (Wildman–Crippen LogP) is 6.67. The van der Waals surface area contributed by atoms with E-state index in [1.807, 2.05) is 0 Å². The van der Waals surface area contributed by atoms with Gasteiger partial charge in [-0.2, -0.15) is 0 Å². The molecular formula is C23H40O2. The fourth-order valence-corrected chi connectivity index (χ4v) is 7.02. The van der Waals surface area contributed by atoms with Crippen LogP contribution in [0.3, 0.4) is 0 Å². The number of carbonyl (C=O) groups is 1. The molecule has 0 aliphatic heterocycles. The molecule has 2 heteroatoms. The monoisotopic (exact) mass is 348 g/mol. The van der Waals surface area contributed by atoms with E-state index in [9.17, 15) is 4.79 Å². The fraction of sp³-hybridized carbons (Fsp3) is 0.957. The van der Waals surface area contributed by atoms with Gasteiger partial charge in [0.1, 0.15) is 0 Å². The number of methoxy groups -OCH3 is 1. The highest BCUT2D eigenvalue weighted by molar-refractivity contribution is 5.78. The van der Waals surface area contributed by atoms with Gasteiger partial charge in [0.05, 0.1) is 12.5 Å². The summed E-state index contributed by atoms with van der Waals surface area (Å²) >= 11 is 0. The minimum atomic E-state index is -0.173. The van der Waals surface area contributed by atoms with Crippen molar-refractivity contribution < 1.29 is 9.53 Å². The van der Waals surface area contributed by atoms with Gasteiger partial charge in [-0.1, -0.05) is 64.7 Å². The lowest BCUT2D eigenvalue weighted by Crippen LogP contribution is -2.51. The van der Waals surface area contributed by atoms with Crippen molar-refractivity contribution in [2.45, 2.75) is 110 Å². The third-order valence-corrected chi connectivity index (χ3v) is 8.33. The summed E-state index contributed by atoms with van der Waals surface area (Å²) in [6.07, 6.45) is 20.9. The summed E-state index contributed by atoms with van der Waals surface area (Å²) in [6.45, 7) is 2.31. The third-order valence-electron chi connectivity index (χ3n) is 8.33. The largest absolute Gasteiger partial charge is 0.469 e. The number of ether oxygens (including phenoxy) is 1. The smallest absolute Gasteiger partial charge is 0.312 e. The Morgan fingerprint density at radius 1 is 0.840 bits per heavy atom. The van der Waals surface area contributed by atoms with Gasteiger partial charge in [-0.15, -0.1) is 0 Å². The summed E-state index contributed by atoms with van der Waals surface area (Å²) in [5.41, 5.74) is 0.0496. The molecule has 0 bridgehead atoms. The van der Waals surface area contributed by atoms with Crippen molar-refractivity contribution in [2.24, 2.45) is 22.7 Å². The highest BCUT2D eigenvalue weighted by atomic mass is 16.5. The summed E-state index contributed by atoms with van der Waals surface area (Å²) < 4.78 is 5.42.